The summed E-state index contributed by atoms with van der Waals surface area (Å²) in [5.74, 6) is 0.0836. The maximum Gasteiger partial charge on any atom is 0.280 e. The first-order valence-corrected chi connectivity index (χ1v) is 7.63. The molecular weight excluding hydrogens is 293 g/mol. The largest absolute Gasteiger partial charge is 0.659 e. The Kier molecular flexibility index (Phi) is 4.92. The van der Waals surface area contributed by atoms with E-state index in [1.807, 2.05) is 4.57 Å². The molecule has 0 aliphatic rings. The van der Waals surface area contributed by atoms with Gasteiger partial charge in [0.25, 0.3) is 5.56 Å². The number of aromatic amines is 1. The lowest BCUT2D eigenvalue weighted by Gasteiger charge is -2.24. The van der Waals surface area contributed by atoms with E-state index in [1.54, 1.807) is 6.33 Å². The van der Waals surface area contributed by atoms with E-state index in [0.717, 1.165) is 12.8 Å². The van der Waals surface area contributed by atoms with E-state index in [2.05, 4.69) is 28.8 Å². The summed E-state index contributed by atoms with van der Waals surface area (Å²) in [6, 6.07) is 0. The fraction of sp³-hybridized carbons (Fsp3) is 0.583. The molecule has 0 fully saturated rings. The highest BCUT2D eigenvalue weighted by atomic mass is 31.1. The normalized spacial score (nSPS) is 12.7. The van der Waals surface area contributed by atoms with Gasteiger partial charge in [0.15, 0.2) is 11.2 Å². The van der Waals surface area contributed by atoms with Crippen LogP contribution in [-0.4, -0.2) is 26.1 Å². The van der Waals surface area contributed by atoms with Crippen molar-refractivity contribution in [2.24, 2.45) is 5.41 Å². The van der Waals surface area contributed by atoms with E-state index in [9.17, 15) is 9.69 Å². The van der Waals surface area contributed by atoms with Crippen LogP contribution in [0.25, 0.3) is 11.2 Å². The number of nitrogens with one attached hydrogen (secondary N) is 1. The number of hydrogen-bond acceptors (Lipinski definition) is 6. The number of aryl methyl sites for hydroxylation is 1. The second-order valence-corrected chi connectivity index (χ2v) is 6.22. The molecule has 1 atom stereocenters. The molecule has 0 saturated carbocycles. The van der Waals surface area contributed by atoms with Crippen LogP contribution in [0.15, 0.2) is 11.1 Å². The highest BCUT2D eigenvalue weighted by Crippen LogP contribution is 2.27. The van der Waals surface area contributed by atoms with Crippen molar-refractivity contribution in [2.75, 3.05) is 12.3 Å². The Balaban J connectivity index is 2.08. The Hall–Kier alpha value is -1.50. The predicted octanol–water partition coefficient (Wildman–Crippen LogP) is 0.126. The van der Waals surface area contributed by atoms with E-state index >= 15 is 0 Å². The quantitative estimate of drug-likeness (QED) is 0.553. The van der Waals surface area contributed by atoms with Gasteiger partial charge in [0, 0.05) is 6.54 Å². The Morgan fingerprint density at radius 2 is 2.29 bits per heavy atom. The maximum atomic E-state index is 11.7. The molecule has 21 heavy (non-hydrogen) atoms. The van der Waals surface area contributed by atoms with Gasteiger partial charge in [0.1, 0.15) is 0 Å². The number of rotatable bonds is 7. The summed E-state index contributed by atoms with van der Waals surface area (Å²) in [7, 11) is -1.15. The number of H-pyrrole nitrogens is 1. The smallest absolute Gasteiger partial charge is 0.280 e. The van der Waals surface area contributed by atoms with Crippen LogP contribution in [-0.2, 0) is 11.1 Å². The average Bonchev–Trinajstić information content (AvgIpc) is 2.80. The summed E-state index contributed by atoms with van der Waals surface area (Å²) in [6.07, 6.45) is 3.26. The number of nitrogens with zero attached hydrogens (tertiary/aromatic N) is 3. The van der Waals surface area contributed by atoms with Crippen molar-refractivity contribution in [3.8, 4) is 0 Å². The van der Waals surface area contributed by atoms with Gasteiger partial charge in [-0.3, -0.25) is 9.78 Å². The Morgan fingerprint density at radius 1 is 1.52 bits per heavy atom. The topological polar surface area (TPSA) is 122 Å². The minimum Gasteiger partial charge on any atom is -0.659 e. The number of aromatic nitrogens is 4. The van der Waals surface area contributed by atoms with Gasteiger partial charge < -0.3 is 15.2 Å². The van der Waals surface area contributed by atoms with Crippen LogP contribution in [0, 0.1) is 5.41 Å². The molecule has 9 heteroatoms. The predicted molar refractivity (Wildman–Crippen MR) is 81.2 cm³/mol. The van der Waals surface area contributed by atoms with Crippen molar-refractivity contribution >= 4 is 26.1 Å². The number of nitrogen functional groups attached to an aromatic ring is 1. The highest BCUT2D eigenvalue weighted by molar-refractivity contribution is 7.23. The van der Waals surface area contributed by atoms with Crippen LogP contribution >= 0.6 is 9.03 Å². The molecule has 2 heterocycles. The van der Waals surface area contributed by atoms with Crippen molar-refractivity contribution in [2.45, 2.75) is 33.2 Å². The molecule has 0 aliphatic carbocycles. The summed E-state index contributed by atoms with van der Waals surface area (Å²) in [5.41, 5.74) is 6.04. The molecule has 0 radical (unpaired) electrons. The third-order valence-electron chi connectivity index (χ3n) is 3.49. The fourth-order valence-electron chi connectivity index (χ4n) is 2.07. The first kappa shape index (κ1) is 15.9. The number of hydrogen-bond donors (Lipinski definition) is 2. The molecule has 2 rings (SSSR count). The zero-order chi connectivity index (χ0) is 15.5. The summed E-state index contributed by atoms with van der Waals surface area (Å²) < 4.78 is 6.76. The molecule has 116 valence electrons. The molecule has 1 unspecified atom stereocenters. The summed E-state index contributed by atoms with van der Waals surface area (Å²) in [6.45, 7) is 5.39. The van der Waals surface area contributed by atoms with E-state index in [1.165, 1.54) is 0 Å². The van der Waals surface area contributed by atoms with Gasteiger partial charge in [0.2, 0.25) is 5.95 Å². The third-order valence-corrected chi connectivity index (χ3v) is 3.86. The first-order valence-electron chi connectivity index (χ1n) is 6.69. The summed E-state index contributed by atoms with van der Waals surface area (Å²) >= 11 is 0. The van der Waals surface area contributed by atoms with E-state index in [4.69, 9.17) is 10.3 Å². The average molecular weight is 313 g/mol. The van der Waals surface area contributed by atoms with Crippen LogP contribution in [0.4, 0.5) is 5.95 Å². The Morgan fingerprint density at radius 3 is 3.00 bits per heavy atom. The van der Waals surface area contributed by atoms with Gasteiger partial charge >= 0.3 is 0 Å². The molecule has 8 nitrogen and oxygen atoms in total. The van der Waals surface area contributed by atoms with Crippen molar-refractivity contribution < 1.29 is 9.42 Å². The summed E-state index contributed by atoms with van der Waals surface area (Å²) in [5, 5.41) is 0. The number of fused-ring (bicyclic) bond motifs is 1. The lowest BCUT2D eigenvalue weighted by atomic mass is 9.86. The highest BCUT2D eigenvalue weighted by Gasteiger charge is 2.19. The number of imidazole rings is 1. The van der Waals surface area contributed by atoms with Crippen LogP contribution < -0.4 is 16.2 Å². The minimum atomic E-state index is -1.15. The molecule has 0 amide bonds. The second kappa shape index (κ2) is 6.51. The Bertz CT molecular complexity index is 666. The van der Waals surface area contributed by atoms with Gasteiger partial charge in [-0.25, -0.2) is 9.51 Å². The zero-order valence-electron chi connectivity index (χ0n) is 12.1. The van der Waals surface area contributed by atoms with Crippen LogP contribution in [0.2, 0.25) is 0 Å². The molecule has 2 aromatic heterocycles. The molecule has 0 aliphatic heterocycles. The maximum absolute atomic E-state index is 11.7. The molecule has 3 N–H and O–H groups in total. The van der Waals surface area contributed by atoms with Crippen molar-refractivity contribution in [3.63, 3.8) is 0 Å². The summed E-state index contributed by atoms with van der Waals surface area (Å²) in [4.78, 5) is 32.7. The molecule has 0 bridgehead atoms. The molecule has 0 aromatic carbocycles. The number of anilines is 1. The molecule has 0 saturated heterocycles. The molecular formula is C12H20N5O3P. The van der Waals surface area contributed by atoms with Gasteiger partial charge in [-0.15, -0.1) is 0 Å². The standard InChI is InChI=1S/C12H20N5O3P/c1-12(2,4-6-20-21-19)3-5-17-7-14-8-9(17)15-11(13)16-10(8)18/h7H,3-6,21H2,1-2H3,(H3,13,15,16,18). The lowest BCUT2D eigenvalue weighted by Crippen LogP contribution is -2.17. The lowest BCUT2D eigenvalue weighted by molar-refractivity contribution is -0.169. The second-order valence-electron chi connectivity index (χ2n) is 5.69. The SMILES string of the molecule is CC(C)(CCO[PH2+][O-])CCn1cnc2c(=O)[nH]c(N)nc21. The van der Waals surface area contributed by atoms with E-state index in [-0.39, 0.29) is 16.9 Å². The minimum absolute atomic E-state index is 0.0257. The zero-order valence-corrected chi connectivity index (χ0v) is 13.3. The van der Waals surface area contributed by atoms with Gasteiger partial charge in [-0.05, 0) is 18.3 Å². The molecule has 2 aromatic rings. The van der Waals surface area contributed by atoms with Crippen molar-refractivity contribution in [1.82, 2.24) is 19.5 Å². The van der Waals surface area contributed by atoms with Gasteiger partial charge in [0.05, 0.1) is 22.0 Å². The molecule has 0 spiro atoms. The van der Waals surface area contributed by atoms with Crippen molar-refractivity contribution in [1.29, 1.82) is 0 Å². The fourth-order valence-corrected chi connectivity index (χ4v) is 2.28. The Labute approximate surface area is 123 Å². The van der Waals surface area contributed by atoms with Gasteiger partial charge in [-0.2, -0.15) is 4.98 Å². The monoisotopic (exact) mass is 313 g/mol. The van der Waals surface area contributed by atoms with Crippen molar-refractivity contribution in [3.05, 3.63) is 16.7 Å². The first-order chi connectivity index (χ1) is 9.93. The third kappa shape index (κ3) is 4.00. The van der Waals surface area contributed by atoms with Gasteiger partial charge in [-0.1, -0.05) is 13.8 Å². The van der Waals surface area contributed by atoms with Crippen LogP contribution in [0.1, 0.15) is 26.7 Å². The van der Waals surface area contributed by atoms with Crippen LogP contribution in [0.3, 0.4) is 0 Å². The van der Waals surface area contributed by atoms with E-state index in [0.29, 0.717) is 24.3 Å². The number of nitrogens with two attached hydrogens (primary N) is 1. The van der Waals surface area contributed by atoms with E-state index < -0.39 is 9.03 Å². The van der Waals surface area contributed by atoms with Crippen LogP contribution in [0.5, 0.6) is 0 Å².